The van der Waals surface area contributed by atoms with E-state index in [0.29, 0.717) is 31.1 Å². The van der Waals surface area contributed by atoms with Crippen LogP contribution in [0, 0.1) is 17.9 Å². The SMILES string of the molecule is C#COCC(C)(C)Cc1c(-c2cccnc2C(C)OC)n(CC)c2ccc(-c3csc(CC(NC(=O)C4(F)COC4)C(=O)N4CCCCN4)n3)cc12.CC.CSC.CSC. The van der Waals surface area contributed by atoms with Crippen molar-refractivity contribution >= 4 is 57.6 Å². The monoisotopic (exact) mass is 884 g/mol. The van der Waals surface area contributed by atoms with E-state index in [0.717, 1.165) is 64.1 Å². The summed E-state index contributed by atoms with van der Waals surface area (Å²) in [5.41, 5.74) is 7.45. The van der Waals surface area contributed by atoms with Crippen molar-refractivity contribution in [2.75, 3.05) is 65.0 Å². The molecule has 3 aromatic heterocycles. The third-order valence-electron chi connectivity index (χ3n) is 9.79. The van der Waals surface area contributed by atoms with Crippen LogP contribution in [0.5, 0.6) is 0 Å². The molecule has 60 heavy (non-hydrogen) atoms. The Bertz CT molecular complexity index is 2000. The summed E-state index contributed by atoms with van der Waals surface area (Å²) in [5.74, 6) is -1.16. The maximum atomic E-state index is 15.0. The average molecular weight is 885 g/mol. The molecule has 2 fully saturated rings. The van der Waals surface area contributed by atoms with Crippen molar-refractivity contribution in [1.29, 1.82) is 0 Å². The van der Waals surface area contributed by atoms with Crippen LogP contribution in [0.15, 0.2) is 41.9 Å². The number of carbonyl (C=O) groups excluding carboxylic acids is 2. The van der Waals surface area contributed by atoms with Crippen molar-refractivity contribution in [3.63, 3.8) is 0 Å². The van der Waals surface area contributed by atoms with Crippen LogP contribution in [-0.4, -0.2) is 108 Å². The fourth-order valence-electron chi connectivity index (χ4n) is 6.89. The molecule has 0 bridgehead atoms. The number of fused-ring (bicyclic) bond motifs is 1. The number of hydrazine groups is 1. The van der Waals surface area contributed by atoms with Gasteiger partial charge in [0.25, 0.3) is 11.8 Å². The smallest absolute Gasteiger partial charge is 0.263 e. The lowest BCUT2D eigenvalue weighted by molar-refractivity contribution is -0.168. The number of methoxy groups -OCH3 is 1. The van der Waals surface area contributed by atoms with E-state index < -0.39 is 17.6 Å². The van der Waals surface area contributed by atoms with Gasteiger partial charge in [0.2, 0.25) is 5.67 Å². The van der Waals surface area contributed by atoms with Crippen LogP contribution >= 0.6 is 34.9 Å². The Morgan fingerprint density at radius 1 is 1.17 bits per heavy atom. The topological polar surface area (TPSA) is 120 Å². The highest BCUT2D eigenvalue weighted by Crippen LogP contribution is 2.42. The Hall–Kier alpha value is -3.65. The summed E-state index contributed by atoms with van der Waals surface area (Å²) in [4.78, 5) is 36.2. The number of thiazole rings is 1. The van der Waals surface area contributed by atoms with E-state index in [1.54, 1.807) is 36.8 Å². The maximum Gasteiger partial charge on any atom is 0.263 e. The molecular formula is C45H65FN6O5S3. The molecule has 2 N–H and O–H groups in total. The van der Waals surface area contributed by atoms with Crippen LogP contribution in [0.2, 0.25) is 0 Å². The van der Waals surface area contributed by atoms with E-state index in [2.05, 4.69) is 66.5 Å². The Morgan fingerprint density at radius 2 is 1.87 bits per heavy atom. The molecule has 0 spiro atoms. The van der Waals surface area contributed by atoms with E-state index in [-0.39, 0.29) is 37.1 Å². The maximum absolute atomic E-state index is 15.0. The highest BCUT2D eigenvalue weighted by molar-refractivity contribution is 7.98. The van der Waals surface area contributed by atoms with Crippen LogP contribution in [0.4, 0.5) is 4.39 Å². The van der Waals surface area contributed by atoms with Gasteiger partial charge in [0.05, 0.1) is 41.4 Å². The molecule has 2 aliphatic rings. The van der Waals surface area contributed by atoms with Crippen molar-refractivity contribution in [1.82, 2.24) is 30.3 Å². The number of hydrogen-bond acceptors (Lipinski definition) is 11. The van der Waals surface area contributed by atoms with Crippen molar-refractivity contribution in [3.05, 3.63) is 58.2 Å². The molecule has 1 aromatic carbocycles. The number of amides is 2. The van der Waals surface area contributed by atoms with E-state index in [4.69, 9.17) is 30.6 Å². The molecule has 15 heteroatoms. The molecule has 5 heterocycles. The second-order valence-electron chi connectivity index (χ2n) is 15.1. The molecule has 2 aliphatic heterocycles. The lowest BCUT2D eigenvalue weighted by Gasteiger charge is -2.35. The number of nitrogens with one attached hydrogen (secondary N) is 2. The van der Waals surface area contributed by atoms with Crippen LogP contribution in [0.1, 0.15) is 76.8 Å². The number of thioether (sulfide) groups is 2. The zero-order valence-corrected chi connectivity index (χ0v) is 39.7. The molecule has 2 saturated heterocycles. The number of hydrogen-bond donors (Lipinski definition) is 2. The van der Waals surface area contributed by atoms with Crippen LogP contribution in [0.3, 0.4) is 0 Å². The molecule has 0 aliphatic carbocycles. The first-order chi connectivity index (χ1) is 28.8. The number of aromatic nitrogens is 3. The molecule has 2 unspecified atom stereocenters. The Labute approximate surface area is 369 Å². The van der Waals surface area contributed by atoms with Crippen molar-refractivity contribution < 1.29 is 28.2 Å². The summed E-state index contributed by atoms with van der Waals surface area (Å²) in [7, 11) is 1.69. The molecule has 0 radical (unpaired) electrons. The molecule has 2 amide bonds. The van der Waals surface area contributed by atoms with E-state index in [1.165, 1.54) is 16.3 Å². The molecule has 2 atom stereocenters. The van der Waals surface area contributed by atoms with Gasteiger partial charge in [-0.3, -0.25) is 19.6 Å². The number of nitrogens with zero attached hydrogens (tertiary/aromatic N) is 4. The minimum atomic E-state index is -2.14. The predicted octanol–water partition coefficient (Wildman–Crippen LogP) is 8.61. The van der Waals surface area contributed by atoms with Crippen molar-refractivity contribution in [3.8, 4) is 35.0 Å². The van der Waals surface area contributed by atoms with Gasteiger partial charge in [-0.2, -0.15) is 23.5 Å². The fraction of sp³-hybridized carbons (Fsp3) is 0.556. The highest BCUT2D eigenvalue weighted by Gasteiger charge is 2.48. The third-order valence-corrected chi connectivity index (χ3v) is 10.7. The van der Waals surface area contributed by atoms with Crippen molar-refractivity contribution in [2.24, 2.45) is 5.41 Å². The van der Waals surface area contributed by atoms with Gasteiger partial charge in [-0.05, 0) is 88.0 Å². The zero-order valence-electron chi connectivity index (χ0n) is 37.3. The molecule has 4 aromatic rings. The van der Waals surface area contributed by atoms with Crippen LogP contribution in [-0.2, 0) is 43.2 Å². The van der Waals surface area contributed by atoms with E-state index >= 15 is 0 Å². The van der Waals surface area contributed by atoms with Crippen LogP contribution in [0.25, 0.3) is 33.4 Å². The normalized spacial score (nSPS) is 15.3. The molecule has 0 saturated carbocycles. The van der Waals surface area contributed by atoms with Gasteiger partial charge in [0.1, 0.15) is 18.8 Å². The van der Waals surface area contributed by atoms with Gasteiger partial charge in [0.15, 0.2) is 0 Å². The van der Waals surface area contributed by atoms with Gasteiger partial charge in [0, 0.05) is 72.2 Å². The molecule has 6 rings (SSSR count). The Kier molecular flexibility index (Phi) is 20.9. The number of alkyl halides is 1. The number of ether oxygens (including phenoxy) is 3. The predicted molar refractivity (Wildman–Crippen MR) is 249 cm³/mol. The zero-order chi connectivity index (χ0) is 44.5. The first-order valence-corrected chi connectivity index (χ1v) is 24.5. The van der Waals surface area contributed by atoms with Gasteiger partial charge < -0.3 is 24.1 Å². The Morgan fingerprint density at radius 3 is 2.45 bits per heavy atom. The van der Waals surface area contributed by atoms with Crippen LogP contribution < -0.4 is 10.7 Å². The van der Waals surface area contributed by atoms with Gasteiger partial charge in [-0.25, -0.2) is 14.8 Å². The van der Waals surface area contributed by atoms with Gasteiger partial charge in [-0.1, -0.05) is 40.2 Å². The number of pyridine rings is 1. The highest BCUT2D eigenvalue weighted by atomic mass is 32.2. The van der Waals surface area contributed by atoms with Gasteiger partial charge >= 0.3 is 0 Å². The minimum absolute atomic E-state index is 0.124. The summed E-state index contributed by atoms with van der Waals surface area (Å²) >= 11 is 4.90. The number of halogens is 1. The molecule has 11 nitrogen and oxygen atoms in total. The lowest BCUT2D eigenvalue weighted by atomic mass is 9.84. The van der Waals surface area contributed by atoms with E-state index in [1.807, 2.05) is 57.2 Å². The second-order valence-corrected chi connectivity index (χ2v) is 17.7. The van der Waals surface area contributed by atoms with E-state index in [9.17, 15) is 14.0 Å². The standard InChI is InChI=1S/C39H47FN6O5S.2C2H6S.C2H6/c1-7-45-32-14-13-26(18-28(32)29(20-38(4,5)22-50-8-2)35(45)27-12-11-15-41-34(27)25(3)49-6)31-21-52-33(43-31)19-30(36(47)46-17-10-9-16-42-46)44-37(48)39(40)23-51-24-39;2*1-3-2;1-2/h2,11-15,18,21,25,30,42H,7,9-10,16-17,19-20,22-24H2,1,3-6H3,(H,44,48);2*1-2H3;1-2H3. The number of aryl methyl sites for hydroxylation is 1. The quantitative estimate of drug-likeness (QED) is 0.119. The largest absolute Gasteiger partial charge is 0.446 e. The molecule has 330 valence electrons. The summed E-state index contributed by atoms with van der Waals surface area (Å²) in [6, 6.07) is 9.40. The summed E-state index contributed by atoms with van der Waals surface area (Å²) in [6.07, 6.45) is 20.1. The van der Waals surface area contributed by atoms with Gasteiger partial charge in [-0.15, -0.1) is 11.3 Å². The Balaban J connectivity index is 0.00000112. The lowest BCUT2D eigenvalue weighted by Crippen LogP contribution is -2.62. The fourth-order valence-corrected chi connectivity index (χ4v) is 7.75. The number of benzene rings is 1. The number of terminal acetylenes is 1. The minimum Gasteiger partial charge on any atom is -0.446 e. The first kappa shape index (κ1) is 50.7. The summed E-state index contributed by atoms with van der Waals surface area (Å²) in [6.45, 7) is 14.0. The average Bonchev–Trinajstić information content (AvgIpc) is 3.84. The first-order valence-electron chi connectivity index (χ1n) is 20.4. The summed E-state index contributed by atoms with van der Waals surface area (Å²) < 4.78 is 33.5. The summed E-state index contributed by atoms with van der Waals surface area (Å²) in [5, 5.41) is 7.87. The third kappa shape index (κ3) is 12.9. The molecular weight excluding hydrogens is 820 g/mol. The number of carbonyl (C=O) groups is 2. The number of rotatable bonds is 14. The van der Waals surface area contributed by atoms with Crippen molar-refractivity contribution in [2.45, 2.75) is 91.6 Å². The second kappa shape index (κ2) is 24.7.